The summed E-state index contributed by atoms with van der Waals surface area (Å²) >= 11 is 0. The van der Waals surface area contributed by atoms with E-state index in [1.54, 1.807) is 0 Å². The number of hydrogen-bond donors (Lipinski definition) is 2. The Labute approximate surface area is 91.8 Å². The summed E-state index contributed by atoms with van der Waals surface area (Å²) < 4.78 is 0. The number of nitrogens with two attached hydrogens (primary N) is 1. The maximum Gasteiger partial charge on any atom is 0.227 e. The van der Waals surface area contributed by atoms with Gasteiger partial charge in [-0.2, -0.15) is 0 Å². The van der Waals surface area contributed by atoms with Gasteiger partial charge in [-0.05, 0) is 30.6 Å². The normalized spacial score (nSPS) is 30.5. The number of carbonyl (C=O) groups is 1. The summed E-state index contributed by atoms with van der Waals surface area (Å²) in [6, 6.07) is 0. The summed E-state index contributed by atoms with van der Waals surface area (Å²) in [5.41, 5.74) is 5.92. The van der Waals surface area contributed by atoms with Gasteiger partial charge in [-0.25, -0.2) is 0 Å². The van der Waals surface area contributed by atoms with Crippen LogP contribution < -0.4 is 11.1 Å². The van der Waals surface area contributed by atoms with Crippen molar-refractivity contribution in [2.75, 3.05) is 13.1 Å². The Hall–Kier alpha value is -0.570. The molecule has 15 heavy (non-hydrogen) atoms. The number of carbonyl (C=O) groups excluding carboxylic acids is 1. The van der Waals surface area contributed by atoms with Crippen molar-refractivity contribution in [3.05, 3.63) is 0 Å². The Morgan fingerprint density at radius 3 is 2.40 bits per heavy atom. The summed E-state index contributed by atoms with van der Waals surface area (Å²) in [4.78, 5) is 11.9. The molecule has 3 N–H and O–H groups in total. The number of amides is 1. The maximum atomic E-state index is 11.9. The van der Waals surface area contributed by atoms with Crippen LogP contribution in [0.2, 0.25) is 0 Å². The van der Waals surface area contributed by atoms with Crippen LogP contribution in [0.25, 0.3) is 0 Å². The van der Waals surface area contributed by atoms with Crippen molar-refractivity contribution in [1.82, 2.24) is 5.32 Å². The predicted molar refractivity (Wildman–Crippen MR) is 60.2 cm³/mol. The Balaban J connectivity index is 1.78. The van der Waals surface area contributed by atoms with Crippen molar-refractivity contribution in [2.45, 2.75) is 39.5 Å². The lowest BCUT2D eigenvalue weighted by molar-refractivity contribution is -0.135. The zero-order chi connectivity index (χ0) is 11.1. The molecule has 2 saturated carbocycles. The van der Waals surface area contributed by atoms with Crippen LogP contribution in [-0.4, -0.2) is 19.0 Å². The van der Waals surface area contributed by atoms with Gasteiger partial charge in [-0.3, -0.25) is 4.79 Å². The standard InChI is InChI=1S/C12H22N2O/c1-11(2)6-9(11)7-14-10(15)12(8-13)4-3-5-12/h9H,3-8,13H2,1-2H3,(H,14,15). The largest absolute Gasteiger partial charge is 0.355 e. The van der Waals surface area contributed by atoms with Crippen LogP contribution in [0.3, 0.4) is 0 Å². The van der Waals surface area contributed by atoms with E-state index in [9.17, 15) is 4.79 Å². The van der Waals surface area contributed by atoms with Gasteiger partial charge in [-0.15, -0.1) is 0 Å². The highest BCUT2D eigenvalue weighted by molar-refractivity contribution is 5.83. The van der Waals surface area contributed by atoms with Crippen LogP contribution in [0.15, 0.2) is 0 Å². The fourth-order valence-corrected chi connectivity index (χ4v) is 2.46. The van der Waals surface area contributed by atoms with E-state index in [0.29, 0.717) is 17.9 Å². The fourth-order valence-electron chi connectivity index (χ4n) is 2.46. The Bertz CT molecular complexity index is 263. The highest BCUT2D eigenvalue weighted by Crippen LogP contribution is 2.51. The van der Waals surface area contributed by atoms with Crippen LogP contribution in [0, 0.1) is 16.7 Å². The smallest absolute Gasteiger partial charge is 0.227 e. The van der Waals surface area contributed by atoms with Gasteiger partial charge in [-0.1, -0.05) is 20.3 Å². The molecule has 3 heteroatoms. The first-order valence-electron chi connectivity index (χ1n) is 5.99. The number of nitrogens with one attached hydrogen (secondary N) is 1. The molecule has 0 radical (unpaired) electrons. The van der Waals surface area contributed by atoms with Crippen LogP contribution in [0.4, 0.5) is 0 Å². The molecule has 0 bridgehead atoms. The molecule has 86 valence electrons. The fraction of sp³-hybridized carbons (Fsp3) is 0.917. The SMILES string of the molecule is CC1(C)CC1CNC(=O)C1(CN)CCC1. The first-order valence-corrected chi connectivity index (χ1v) is 5.99. The molecule has 3 nitrogen and oxygen atoms in total. The minimum atomic E-state index is -0.209. The number of rotatable bonds is 4. The molecular weight excluding hydrogens is 188 g/mol. The lowest BCUT2D eigenvalue weighted by Crippen LogP contribution is -2.50. The monoisotopic (exact) mass is 210 g/mol. The Morgan fingerprint density at radius 1 is 1.47 bits per heavy atom. The van der Waals surface area contributed by atoms with E-state index in [-0.39, 0.29) is 11.3 Å². The minimum Gasteiger partial charge on any atom is -0.355 e. The molecule has 0 heterocycles. The summed E-state index contributed by atoms with van der Waals surface area (Å²) in [6.45, 7) is 5.86. The summed E-state index contributed by atoms with van der Waals surface area (Å²) in [5.74, 6) is 0.871. The molecular formula is C12H22N2O. The average molecular weight is 210 g/mol. The van der Waals surface area contributed by atoms with E-state index in [4.69, 9.17) is 5.73 Å². The van der Waals surface area contributed by atoms with E-state index in [0.717, 1.165) is 25.8 Å². The van der Waals surface area contributed by atoms with Crippen molar-refractivity contribution >= 4 is 5.91 Å². The third kappa shape index (κ3) is 1.89. The second-order valence-corrected chi connectivity index (χ2v) is 5.94. The van der Waals surface area contributed by atoms with Gasteiger partial charge in [0.25, 0.3) is 0 Å². The molecule has 0 spiro atoms. The van der Waals surface area contributed by atoms with Crippen LogP contribution in [0.1, 0.15) is 39.5 Å². The van der Waals surface area contributed by atoms with Gasteiger partial charge in [0.05, 0.1) is 5.41 Å². The third-order valence-electron chi connectivity index (χ3n) is 4.41. The summed E-state index contributed by atoms with van der Waals surface area (Å²) in [5, 5.41) is 3.07. The second-order valence-electron chi connectivity index (χ2n) is 5.94. The van der Waals surface area contributed by atoms with Gasteiger partial charge in [0.15, 0.2) is 0 Å². The predicted octanol–water partition coefficient (Wildman–Crippen LogP) is 1.28. The molecule has 0 aliphatic heterocycles. The third-order valence-corrected chi connectivity index (χ3v) is 4.41. The molecule has 0 aromatic heterocycles. The lowest BCUT2D eigenvalue weighted by Gasteiger charge is -2.39. The van der Waals surface area contributed by atoms with Gasteiger partial charge >= 0.3 is 0 Å². The van der Waals surface area contributed by atoms with E-state index in [1.165, 1.54) is 6.42 Å². The van der Waals surface area contributed by atoms with Crippen LogP contribution >= 0.6 is 0 Å². The van der Waals surface area contributed by atoms with Crippen LogP contribution in [0.5, 0.6) is 0 Å². The van der Waals surface area contributed by atoms with Crippen molar-refractivity contribution < 1.29 is 4.79 Å². The molecule has 0 aromatic carbocycles. The van der Waals surface area contributed by atoms with Crippen LogP contribution in [-0.2, 0) is 4.79 Å². The first kappa shape index (κ1) is 10.9. The Morgan fingerprint density at radius 2 is 2.07 bits per heavy atom. The molecule has 2 aliphatic carbocycles. The van der Waals surface area contributed by atoms with Crippen molar-refractivity contribution in [2.24, 2.45) is 22.5 Å². The van der Waals surface area contributed by atoms with Gasteiger partial charge in [0.1, 0.15) is 0 Å². The molecule has 0 saturated heterocycles. The maximum absolute atomic E-state index is 11.9. The molecule has 1 atom stereocenters. The Kier molecular flexibility index (Phi) is 2.53. The van der Waals surface area contributed by atoms with E-state index in [1.807, 2.05) is 0 Å². The summed E-state index contributed by atoms with van der Waals surface area (Å²) in [6.07, 6.45) is 4.34. The lowest BCUT2D eigenvalue weighted by atomic mass is 9.68. The molecule has 2 fully saturated rings. The van der Waals surface area contributed by atoms with E-state index in [2.05, 4.69) is 19.2 Å². The van der Waals surface area contributed by atoms with E-state index >= 15 is 0 Å². The molecule has 2 aliphatic rings. The van der Waals surface area contributed by atoms with Gasteiger partial charge in [0, 0.05) is 13.1 Å². The average Bonchev–Trinajstić information content (AvgIpc) is 2.70. The summed E-state index contributed by atoms with van der Waals surface area (Å²) in [7, 11) is 0. The topological polar surface area (TPSA) is 55.1 Å². The zero-order valence-corrected chi connectivity index (χ0v) is 9.81. The van der Waals surface area contributed by atoms with E-state index < -0.39 is 0 Å². The first-order chi connectivity index (χ1) is 7.00. The van der Waals surface area contributed by atoms with Gasteiger partial charge < -0.3 is 11.1 Å². The highest BCUT2D eigenvalue weighted by Gasteiger charge is 2.47. The highest BCUT2D eigenvalue weighted by atomic mass is 16.2. The van der Waals surface area contributed by atoms with Crippen molar-refractivity contribution in [1.29, 1.82) is 0 Å². The molecule has 2 rings (SSSR count). The zero-order valence-electron chi connectivity index (χ0n) is 9.81. The minimum absolute atomic E-state index is 0.193. The molecule has 0 aromatic rings. The van der Waals surface area contributed by atoms with Gasteiger partial charge in [0.2, 0.25) is 5.91 Å². The van der Waals surface area contributed by atoms with Crippen molar-refractivity contribution in [3.8, 4) is 0 Å². The second kappa shape index (κ2) is 3.48. The number of hydrogen-bond acceptors (Lipinski definition) is 2. The van der Waals surface area contributed by atoms with Crippen molar-refractivity contribution in [3.63, 3.8) is 0 Å². The molecule has 1 unspecified atom stereocenters. The quantitative estimate of drug-likeness (QED) is 0.734. The molecule has 1 amide bonds.